The van der Waals surface area contributed by atoms with Gasteiger partial charge in [-0.15, -0.1) is 0 Å². The highest BCUT2D eigenvalue weighted by molar-refractivity contribution is 7.92. The number of nitrogens with zero attached hydrogens (tertiary/aromatic N) is 1. The third-order valence-corrected chi connectivity index (χ3v) is 5.92. The minimum atomic E-state index is -3.65. The van der Waals surface area contributed by atoms with Gasteiger partial charge in [-0.25, -0.2) is 8.42 Å². The Morgan fingerprint density at radius 1 is 1.04 bits per heavy atom. The van der Waals surface area contributed by atoms with Gasteiger partial charge < -0.3 is 5.32 Å². The second-order valence-electron chi connectivity index (χ2n) is 6.46. The molecule has 1 atom stereocenters. The average molecular weight is 395 g/mol. The molecule has 0 heterocycles. The molecule has 1 amide bonds. The Balaban J connectivity index is 2.34. The first-order valence-corrected chi connectivity index (χ1v) is 10.4. The summed E-state index contributed by atoms with van der Waals surface area (Å²) in [4.78, 5) is 12.7. The summed E-state index contributed by atoms with van der Waals surface area (Å²) >= 11 is 6.08. The van der Waals surface area contributed by atoms with Gasteiger partial charge in [0.15, 0.2) is 0 Å². The monoisotopic (exact) mass is 394 g/mol. The van der Waals surface area contributed by atoms with E-state index in [1.807, 2.05) is 26.8 Å². The fourth-order valence-electron chi connectivity index (χ4n) is 2.59. The van der Waals surface area contributed by atoms with Gasteiger partial charge in [0.25, 0.3) is 0 Å². The summed E-state index contributed by atoms with van der Waals surface area (Å²) in [5.41, 5.74) is 3.87. The predicted molar refractivity (Wildman–Crippen MR) is 108 cm³/mol. The number of sulfonamides is 1. The highest BCUT2D eigenvalue weighted by Gasteiger charge is 2.29. The SMILES string of the molecule is Cc1ccc(N(C(C)C(=O)Nc2ccc(C)c(Cl)c2)S(C)(=O)=O)cc1C. The number of hydrogen-bond donors (Lipinski definition) is 1. The van der Waals surface area contributed by atoms with E-state index in [0.29, 0.717) is 16.4 Å². The number of anilines is 2. The van der Waals surface area contributed by atoms with Crippen molar-refractivity contribution in [3.8, 4) is 0 Å². The second kappa shape index (κ2) is 7.68. The van der Waals surface area contributed by atoms with Crippen molar-refractivity contribution in [2.24, 2.45) is 0 Å². The molecule has 0 fully saturated rings. The molecule has 7 heteroatoms. The van der Waals surface area contributed by atoms with E-state index in [-0.39, 0.29) is 0 Å². The van der Waals surface area contributed by atoms with Gasteiger partial charge in [0.1, 0.15) is 6.04 Å². The fraction of sp³-hybridized carbons (Fsp3) is 0.316. The number of amides is 1. The minimum Gasteiger partial charge on any atom is -0.324 e. The van der Waals surface area contributed by atoms with Crippen LogP contribution in [-0.2, 0) is 14.8 Å². The Morgan fingerprint density at radius 2 is 1.65 bits per heavy atom. The van der Waals surface area contributed by atoms with Gasteiger partial charge in [-0.3, -0.25) is 9.10 Å². The third-order valence-electron chi connectivity index (χ3n) is 4.27. The zero-order valence-corrected chi connectivity index (χ0v) is 17.1. The van der Waals surface area contributed by atoms with Crippen molar-refractivity contribution in [1.29, 1.82) is 0 Å². The van der Waals surface area contributed by atoms with Crippen LogP contribution in [0.1, 0.15) is 23.6 Å². The van der Waals surface area contributed by atoms with Crippen LogP contribution in [0.3, 0.4) is 0 Å². The van der Waals surface area contributed by atoms with Crippen LogP contribution in [-0.4, -0.2) is 26.6 Å². The van der Waals surface area contributed by atoms with Crippen LogP contribution in [0, 0.1) is 20.8 Å². The summed E-state index contributed by atoms with van der Waals surface area (Å²) in [6.45, 7) is 7.27. The van der Waals surface area contributed by atoms with Crippen molar-refractivity contribution in [3.63, 3.8) is 0 Å². The third kappa shape index (κ3) is 4.56. The van der Waals surface area contributed by atoms with Crippen LogP contribution < -0.4 is 9.62 Å². The maximum absolute atomic E-state index is 12.7. The molecule has 0 bridgehead atoms. The topological polar surface area (TPSA) is 66.5 Å². The van der Waals surface area contributed by atoms with E-state index in [9.17, 15) is 13.2 Å². The first kappa shape index (κ1) is 20.3. The standard InChI is InChI=1S/C19H23ClN2O3S/c1-12-7-9-17(10-14(12)3)22(26(5,24)25)15(4)19(23)21-16-8-6-13(2)18(20)11-16/h6-11,15H,1-5H3,(H,21,23). The van der Waals surface area contributed by atoms with Crippen LogP contribution in [0.15, 0.2) is 36.4 Å². The lowest BCUT2D eigenvalue weighted by molar-refractivity contribution is -0.116. The molecule has 0 saturated heterocycles. The summed E-state index contributed by atoms with van der Waals surface area (Å²) in [5.74, 6) is -0.437. The van der Waals surface area contributed by atoms with E-state index in [4.69, 9.17) is 11.6 Å². The fourth-order valence-corrected chi connectivity index (χ4v) is 3.94. The van der Waals surface area contributed by atoms with Crippen molar-refractivity contribution in [3.05, 3.63) is 58.1 Å². The van der Waals surface area contributed by atoms with Gasteiger partial charge in [0, 0.05) is 10.7 Å². The highest BCUT2D eigenvalue weighted by atomic mass is 35.5. The molecule has 140 valence electrons. The second-order valence-corrected chi connectivity index (χ2v) is 8.72. The number of nitrogens with one attached hydrogen (secondary N) is 1. The molecule has 0 aliphatic carbocycles. The number of aryl methyl sites for hydroxylation is 3. The zero-order chi connectivity index (χ0) is 19.6. The number of carbonyl (C=O) groups excluding carboxylic acids is 1. The van der Waals surface area contributed by atoms with Crippen LogP contribution >= 0.6 is 11.6 Å². The lowest BCUT2D eigenvalue weighted by Gasteiger charge is -2.28. The summed E-state index contributed by atoms with van der Waals surface area (Å²) in [6, 6.07) is 9.55. The molecule has 0 aliphatic rings. The molecule has 0 aliphatic heterocycles. The summed E-state index contributed by atoms with van der Waals surface area (Å²) in [6.07, 6.45) is 1.09. The molecule has 26 heavy (non-hydrogen) atoms. The summed E-state index contributed by atoms with van der Waals surface area (Å²) < 4.78 is 25.8. The van der Waals surface area contributed by atoms with Crippen molar-refractivity contribution in [2.75, 3.05) is 15.9 Å². The maximum atomic E-state index is 12.7. The van der Waals surface area contributed by atoms with Crippen molar-refractivity contribution in [2.45, 2.75) is 33.7 Å². The van der Waals surface area contributed by atoms with Crippen molar-refractivity contribution >= 4 is 38.9 Å². The largest absolute Gasteiger partial charge is 0.324 e. The van der Waals surface area contributed by atoms with Crippen LogP contribution in [0.4, 0.5) is 11.4 Å². The van der Waals surface area contributed by atoms with Crippen LogP contribution in [0.2, 0.25) is 5.02 Å². The number of benzene rings is 2. The van der Waals surface area contributed by atoms with Gasteiger partial charge in [-0.2, -0.15) is 0 Å². The lowest BCUT2D eigenvalue weighted by atomic mass is 10.1. The molecule has 2 aromatic carbocycles. The Labute approximate surface area is 160 Å². The molecular weight excluding hydrogens is 372 g/mol. The molecular formula is C19H23ClN2O3S. The number of halogens is 1. The Morgan fingerprint density at radius 3 is 2.19 bits per heavy atom. The number of hydrogen-bond acceptors (Lipinski definition) is 3. The Bertz CT molecular complexity index is 942. The van der Waals surface area contributed by atoms with Gasteiger partial charge in [0.05, 0.1) is 11.9 Å². The van der Waals surface area contributed by atoms with E-state index in [1.165, 1.54) is 0 Å². The molecule has 2 rings (SSSR count). The minimum absolute atomic E-state index is 0.437. The first-order valence-electron chi connectivity index (χ1n) is 8.14. The normalized spacial score (nSPS) is 12.5. The quantitative estimate of drug-likeness (QED) is 0.831. The van der Waals surface area contributed by atoms with Crippen LogP contribution in [0.25, 0.3) is 0 Å². The first-order chi connectivity index (χ1) is 12.0. The molecule has 0 saturated carbocycles. The lowest BCUT2D eigenvalue weighted by Crippen LogP contribution is -2.45. The van der Waals surface area contributed by atoms with E-state index in [0.717, 1.165) is 27.3 Å². The smallest absolute Gasteiger partial charge is 0.247 e. The number of rotatable bonds is 5. The molecule has 2 aromatic rings. The highest BCUT2D eigenvalue weighted by Crippen LogP contribution is 2.25. The van der Waals surface area contributed by atoms with Gasteiger partial charge >= 0.3 is 0 Å². The van der Waals surface area contributed by atoms with Crippen molar-refractivity contribution < 1.29 is 13.2 Å². The molecule has 0 aromatic heterocycles. The molecule has 0 radical (unpaired) electrons. The van der Waals surface area contributed by atoms with E-state index in [1.54, 1.807) is 37.3 Å². The van der Waals surface area contributed by atoms with E-state index >= 15 is 0 Å². The van der Waals surface area contributed by atoms with Crippen LogP contribution in [0.5, 0.6) is 0 Å². The molecule has 1 unspecified atom stereocenters. The van der Waals surface area contributed by atoms with Crippen molar-refractivity contribution in [1.82, 2.24) is 0 Å². The maximum Gasteiger partial charge on any atom is 0.247 e. The zero-order valence-electron chi connectivity index (χ0n) is 15.5. The molecule has 0 spiro atoms. The van der Waals surface area contributed by atoms with Gasteiger partial charge in [0.2, 0.25) is 15.9 Å². The molecule has 1 N–H and O–H groups in total. The Kier molecular flexibility index (Phi) is 5.98. The number of carbonyl (C=O) groups is 1. The Hall–Kier alpha value is -2.05. The summed E-state index contributed by atoms with van der Waals surface area (Å²) in [7, 11) is -3.65. The summed E-state index contributed by atoms with van der Waals surface area (Å²) in [5, 5.41) is 3.26. The van der Waals surface area contributed by atoms with E-state index in [2.05, 4.69) is 5.32 Å². The average Bonchev–Trinajstić information content (AvgIpc) is 2.53. The van der Waals surface area contributed by atoms with Gasteiger partial charge in [-0.1, -0.05) is 23.7 Å². The van der Waals surface area contributed by atoms with Gasteiger partial charge in [-0.05, 0) is 68.7 Å². The predicted octanol–water partition coefficient (Wildman–Crippen LogP) is 4.06. The van der Waals surface area contributed by atoms with E-state index < -0.39 is 22.0 Å². The molecule has 5 nitrogen and oxygen atoms in total.